The molecule has 104 valence electrons. The van der Waals surface area contributed by atoms with Crippen molar-refractivity contribution in [2.45, 2.75) is 31.8 Å². The van der Waals surface area contributed by atoms with Crippen molar-refractivity contribution >= 4 is 22.9 Å². The minimum atomic E-state index is -0.994. The monoisotopic (exact) mass is 274 g/mol. The van der Waals surface area contributed by atoms with Crippen LogP contribution in [0.4, 0.5) is 0 Å². The fourth-order valence-electron chi connectivity index (χ4n) is 2.00. The second-order valence-electron chi connectivity index (χ2n) is 4.91. The van der Waals surface area contributed by atoms with Crippen LogP contribution in [0.15, 0.2) is 18.2 Å². The average molecular weight is 274 g/mol. The maximum absolute atomic E-state index is 11.6. The topological polar surface area (TPSA) is 97.1 Å². The number of carbonyl (C=O) groups excluding carboxylic acids is 1. The molecule has 1 aromatic carbocycles. The highest BCUT2D eigenvalue weighted by atomic mass is 16.4. The highest BCUT2D eigenvalue weighted by Crippen LogP contribution is 2.19. The van der Waals surface area contributed by atoms with Crippen molar-refractivity contribution in [2.24, 2.45) is 0 Å². The quantitative estimate of drug-likeness (QED) is 0.840. The SMILES string of the molecule is O=C(CCn1nnc2ccc(C(=O)O)cc21)NC1CC1. The Balaban J connectivity index is 1.74. The maximum atomic E-state index is 11.6. The van der Waals surface area contributed by atoms with Crippen molar-refractivity contribution in [3.05, 3.63) is 23.8 Å². The van der Waals surface area contributed by atoms with Crippen molar-refractivity contribution in [3.8, 4) is 0 Å². The van der Waals surface area contributed by atoms with Crippen LogP contribution in [-0.2, 0) is 11.3 Å². The highest BCUT2D eigenvalue weighted by molar-refractivity contribution is 5.92. The molecule has 7 nitrogen and oxygen atoms in total. The molecule has 1 saturated carbocycles. The number of nitrogens with zero attached hydrogens (tertiary/aromatic N) is 3. The molecular weight excluding hydrogens is 260 g/mol. The molecule has 2 aromatic rings. The van der Waals surface area contributed by atoms with Crippen LogP contribution < -0.4 is 5.32 Å². The van der Waals surface area contributed by atoms with Gasteiger partial charge in [0, 0.05) is 12.5 Å². The molecule has 0 atom stereocenters. The number of carboxylic acid groups (broad SMARTS) is 1. The van der Waals surface area contributed by atoms with Crippen LogP contribution in [0.25, 0.3) is 11.0 Å². The van der Waals surface area contributed by atoms with Gasteiger partial charge in [-0.05, 0) is 31.0 Å². The lowest BCUT2D eigenvalue weighted by atomic mass is 10.2. The van der Waals surface area contributed by atoms with Crippen molar-refractivity contribution in [2.75, 3.05) is 0 Å². The number of carbonyl (C=O) groups is 2. The Kier molecular flexibility index (Phi) is 3.09. The van der Waals surface area contributed by atoms with E-state index in [0.29, 0.717) is 30.0 Å². The van der Waals surface area contributed by atoms with Gasteiger partial charge < -0.3 is 10.4 Å². The number of hydrogen-bond donors (Lipinski definition) is 2. The molecule has 1 aliphatic carbocycles. The zero-order chi connectivity index (χ0) is 14.1. The molecule has 1 heterocycles. The summed E-state index contributed by atoms with van der Waals surface area (Å²) in [5.41, 5.74) is 1.44. The fourth-order valence-corrected chi connectivity index (χ4v) is 2.00. The number of benzene rings is 1. The van der Waals surface area contributed by atoms with E-state index in [1.54, 1.807) is 10.7 Å². The standard InChI is InChI=1S/C13H14N4O3/c18-12(14-9-2-3-9)5-6-17-11-7-8(13(19)20)1-4-10(11)15-16-17/h1,4,7,9H,2-3,5-6H2,(H,14,18)(H,19,20). The lowest BCUT2D eigenvalue weighted by molar-refractivity contribution is -0.121. The summed E-state index contributed by atoms with van der Waals surface area (Å²) in [6.45, 7) is 0.387. The summed E-state index contributed by atoms with van der Waals surface area (Å²) >= 11 is 0. The van der Waals surface area contributed by atoms with Crippen LogP contribution in [0.3, 0.4) is 0 Å². The first-order valence-corrected chi connectivity index (χ1v) is 6.49. The van der Waals surface area contributed by atoms with E-state index in [1.807, 2.05) is 0 Å². The van der Waals surface area contributed by atoms with Crippen LogP contribution in [0.1, 0.15) is 29.6 Å². The molecule has 0 saturated heterocycles. The van der Waals surface area contributed by atoms with Crippen LogP contribution >= 0.6 is 0 Å². The Morgan fingerprint density at radius 3 is 2.90 bits per heavy atom. The van der Waals surface area contributed by atoms with Crippen molar-refractivity contribution in [1.82, 2.24) is 20.3 Å². The molecular formula is C13H14N4O3. The molecule has 1 aliphatic rings. The van der Waals surface area contributed by atoms with Gasteiger partial charge >= 0.3 is 5.97 Å². The van der Waals surface area contributed by atoms with Crippen LogP contribution in [0, 0.1) is 0 Å². The van der Waals surface area contributed by atoms with Gasteiger partial charge in [0.25, 0.3) is 0 Å². The van der Waals surface area contributed by atoms with Gasteiger partial charge in [-0.15, -0.1) is 5.10 Å². The van der Waals surface area contributed by atoms with Gasteiger partial charge in [-0.25, -0.2) is 9.48 Å². The number of amides is 1. The third kappa shape index (κ3) is 2.61. The highest BCUT2D eigenvalue weighted by Gasteiger charge is 2.23. The summed E-state index contributed by atoms with van der Waals surface area (Å²) in [5, 5.41) is 19.8. The second-order valence-corrected chi connectivity index (χ2v) is 4.91. The summed E-state index contributed by atoms with van der Waals surface area (Å²) in [6.07, 6.45) is 2.42. The first-order valence-electron chi connectivity index (χ1n) is 6.49. The lowest BCUT2D eigenvalue weighted by Gasteiger charge is -2.04. The second kappa shape index (κ2) is 4.92. The van der Waals surface area contributed by atoms with Crippen LogP contribution in [0.2, 0.25) is 0 Å². The number of aromatic carboxylic acids is 1. The van der Waals surface area contributed by atoms with E-state index in [4.69, 9.17) is 5.11 Å². The molecule has 1 amide bonds. The van der Waals surface area contributed by atoms with E-state index in [1.165, 1.54) is 12.1 Å². The third-order valence-corrected chi connectivity index (χ3v) is 3.25. The van der Waals surface area contributed by atoms with Gasteiger partial charge in [-0.2, -0.15) is 0 Å². The van der Waals surface area contributed by atoms with Gasteiger partial charge in [0.15, 0.2) is 0 Å². The molecule has 3 rings (SSSR count). The molecule has 0 aliphatic heterocycles. The van der Waals surface area contributed by atoms with Gasteiger partial charge in [0.2, 0.25) is 5.91 Å². The van der Waals surface area contributed by atoms with E-state index < -0.39 is 5.97 Å². The van der Waals surface area contributed by atoms with Gasteiger partial charge in [0.05, 0.1) is 17.6 Å². The fraction of sp³-hybridized carbons (Fsp3) is 0.385. The first kappa shape index (κ1) is 12.6. The maximum Gasteiger partial charge on any atom is 0.335 e. The Bertz CT molecular complexity index is 675. The molecule has 0 radical (unpaired) electrons. The minimum Gasteiger partial charge on any atom is -0.478 e. The van der Waals surface area contributed by atoms with E-state index in [2.05, 4.69) is 15.6 Å². The van der Waals surface area contributed by atoms with Gasteiger partial charge in [-0.3, -0.25) is 4.79 Å². The summed E-state index contributed by atoms with van der Waals surface area (Å²) in [6, 6.07) is 4.97. The van der Waals surface area contributed by atoms with Gasteiger partial charge in [0.1, 0.15) is 5.52 Å². The van der Waals surface area contributed by atoms with E-state index >= 15 is 0 Å². The van der Waals surface area contributed by atoms with Gasteiger partial charge in [-0.1, -0.05) is 5.21 Å². The predicted octanol–water partition coefficient (Wildman–Crippen LogP) is 0.798. The number of aromatic nitrogens is 3. The Morgan fingerprint density at radius 2 is 2.20 bits per heavy atom. The number of rotatable bonds is 5. The summed E-state index contributed by atoms with van der Waals surface area (Å²) in [4.78, 5) is 22.6. The van der Waals surface area contributed by atoms with E-state index in [0.717, 1.165) is 12.8 Å². The number of hydrogen-bond acceptors (Lipinski definition) is 4. The minimum absolute atomic E-state index is 0.00876. The van der Waals surface area contributed by atoms with E-state index in [-0.39, 0.29) is 11.5 Å². The number of nitrogens with one attached hydrogen (secondary N) is 1. The number of aryl methyl sites for hydroxylation is 1. The smallest absolute Gasteiger partial charge is 0.335 e. The molecule has 20 heavy (non-hydrogen) atoms. The number of fused-ring (bicyclic) bond motifs is 1. The molecule has 1 fully saturated rings. The average Bonchev–Trinajstić information content (AvgIpc) is 3.14. The molecule has 0 unspecified atom stereocenters. The molecule has 1 aromatic heterocycles. The van der Waals surface area contributed by atoms with E-state index in [9.17, 15) is 9.59 Å². The van der Waals surface area contributed by atoms with Crippen molar-refractivity contribution < 1.29 is 14.7 Å². The lowest BCUT2D eigenvalue weighted by Crippen LogP contribution is -2.26. The van der Waals surface area contributed by atoms with Crippen LogP contribution in [0.5, 0.6) is 0 Å². The van der Waals surface area contributed by atoms with Crippen molar-refractivity contribution in [1.29, 1.82) is 0 Å². The molecule has 0 spiro atoms. The third-order valence-electron chi connectivity index (χ3n) is 3.25. The number of carboxylic acids is 1. The Labute approximate surface area is 114 Å². The normalized spacial score (nSPS) is 14.4. The Morgan fingerprint density at radius 1 is 1.40 bits per heavy atom. The summed E-state index contributed by atoms with van der Waals surface area (Å²) in [5.74, 6) is -1.00. The predicted molar refractivity (Wildman–Crippen MR) is 70.3 cm³/mol. The molecule has 2 N–H and O–H groups in total. The Hall–Kier alpha value is -2.44. The first-order chi connectivity index (χ1) is 9.63. The zero-order valence-electron chi connectivity index (χ0n) is 10.7. The summed E-state index contributed by atoms with van der Waals surface area (Å²) in [7, 11) is 0. The molecule has 7 heteroatoms. The zero-order valence-corrected chi connectivity index (χ0v) is 10.7. The summed E-state index contributed by atoms with van der Waals surface area (Å²) < 4.78 is 1.56. The largest absolute Gasteiger partial charge is 0.478 e. The van der Waals surface area contributed by atoms with Crippen molar-refractivity contribution in [3.63, 3.8) is 0 Å². The molecule has 0 bridgehead atoms. The van der Waals surface area contributed by atoms with Crippen LogP contribution in [-0.4, -0.2) is 38.0 Å².